The van der Waals surface area contributed by atoms with Crippen LogP contribution in [0.1, 0.15) is 32.6 Å². The number of likely N-dealkylation sites (tertiary alicyclic amines) is 1. The molecule has 2 nitrogen and oxygen atoms in total. The molecule has 1 heterocycles. The minimum absolute atomic E-state index is 0.233. The topological polar surface area (TPSA) is 20.3 Å². The lowest BCUT2D eigenvalue weighted by Gasteiger charge is -2.23. The third-order valence-electron chi connectivity index (χ3n) is 3.91. The van der Waals surface area contributed by atoms with Gasteiger partial charge in [-0.3, -0.25) is 4.79 Å². The van der Waals surface area contributed by atoms with Crippen LogP contribution in [-0.4, -0.2) is 29.8 Å². The van der Waals surface area contributed by atoms with E-state index in [0.29, 0.717) is 11.3 Å². The lowest BCUT2D eigenvalue weighted by Crippen LogP contribution is -2.29. The van der Waals surface area contributed by atoms with Crippen molar-refractivity contribution in [1.82, 2.24) is 4.90 Å². The molecule has 0 aromatic carbocycles. The quantitative estimate of drug-likeness (QED) is 0.615. The monoisotopic (exact) mass is 215 g/mol. The Bertz CT molecular complexity index is 243. The average molecular weight is 216 g/mol. The zero-order valence-electron chi connectivity index (χ0n) is 8.76. The second kappa shape index (κ2) is 3.73. The average Bonchev–Trinajstić information content (AvgIpc) is 2.74. The van der Waals surface area contributed by atoms with Gasteiger partial charge in [-0.15, -0.1) is 11.6 Å². The Morgan fingerprint density at radius 2 is 2.36 bits per heavy atom. The zero-order chi connectivity index (χ0) is 10.2. The van der Waals surface area contributed by atoms with E-state index >= 15 is 0 Å². The Hall–Kier alpha value is -0.240. The molecular formula is C11H18ClNO. The molecule has 2 rings (SSSR count). The van der Waals surface area contributed by atoms with Crippen molar-refractivity contribution in [2.24, 2.45) is 11.3 Å². The highest BCUT2D eigenvalue weighted by molar-refractivity contribution is 6.18. The molecule has 0 aromatic heterocycles. The molecule has 1 amide bonds. The van der Waals surface area contributed by atoms with Gasteiger partial charge in [0.1, 0.15) is 0 Å². The van der Waals surface area contributed by atoms with Crippen molar-refractivity contribution in [3.05, 3.63) is 0 Å². The van der Waals surface area contributed by atoms with E-state index in [1.165, 1.54) is 25.7 Å². The van der Waals surface area contributed by atoms with Gasteiger partial charge < -0.3 is 4.90 Å². The van der Waals surface area contributed by atoms with E-state index in [9.17, 15) is 4.79 Å². The minimum atomic E-state index is 0.233. The van der Waals surface area contributed by atoms with Gasteiger partial charge in [0.05, 0.1) is 0 Å². The molecular weight excluding hydrogens is 198 g/mol. The second-order valence-corrected chi connectivity index (χ2v) is 5.26. The maximum Gasteiger partial charge on any atom is 0.219 e. The second-order valence-electron chi connectivity index (χ2n) is 4.95. The van der Waals surface area contributed by atoms with Crippen molar-refractivity contribution < 1.29 is 4.79 Å². The molecule has 1 spiro atoms. The third kappa shape index (κ3) is 1.77. The summed E-state index contributed by atoms with van der Waals surface area (Å²) >= 11 is 5.89. The van der Waals surface area contributed by atoms with Crippen LogP contribution in [0.2, 0.25) is 0 Å². The molecule has 2 aliphatic rings. The predicted molar refractivity (Wildman–Crippen MR) is 57.4 cm³/mol. The fourth-order valence-corrected chi connectivity index (χ4v) is 3.30. The predicted octanol–water partition coefficient (Wildman–Crippen LogP) is 2.26. The number of nitrogens with zero attached hydrogens (tertiary/aromatic N) is 1. The number of rotatable bonds is 1. The first-order valence-corrected chi connectivity index (χ1v) is 6.00. The number of hydrogen-bond donors (Lipinski definition) is 0. The van der Waals surface area contributed by atoms with Gasteiger partial charge in [-0.05, 0) is 37.0 Å². The van der Waals surface area contributed by atoms with Gasteiger partial charge in [0.25, 0.3) is 0 Å². The summed E-state index contributed by atoms with van der Waals surface area (Å²) in [6.45, 7) is 3.62. The Labute approximate surface area is 90.6 Å². The summed E-state index contributed by atoms with van der Waals surface area (Å²) in [7, 11) is 0. The van der Waals surface area contributed by atoms with Crippen molar-refractivity contribution >= 4 is 17.5 Å². The van der Waals surface area contributed by atoms with Crippen molar-refractivity contribution in [1.29, 1.82) is 0 Å². The van der Waals surface area contributed by atoms with E-state index < -0.39 is 0 Å². The summed E-state index contributed by atoms with van der Waals surface area (Å²) in [5.74, 6) is 1.72. The lowest BCUT2D eigenvalue weighted by atomic mass is 9.85. The van der Waals surface area contributed by atoms with Crippen LogP contribution in [-0.2, 0) is 4.79 Å². The Balaban J connectivity index is 1.97. The number of alkyl halides is 1. The van der Waals surface area contributed by atoms with Crippen LogP contribution in [0.5, 0.6) is 0 Å². The summed E-state index contributed by atoms with van der Waals surface area (Å²) in [6, 6.07) is 0. The first-order valence-electron chi connectivity index (χ1n) is 5.47. The highest BCUT2D eigenvalue weighted by Gasteiger charge is 2.44. The largest absolute Gasteiger partial charge is 0.342 e. The van der Waals surface area contributed by atoms with Crippen molar-refractivity contribution in [3.63, 3.8) is 0 Å². The zero-order valence-corrected chi connectivity index (χ0v) is 9.52. The van der Waals surface area contributed by atoms with E-state index in [1.54, 1.807) is 6.92 Å². The summed E-state index contributed by atoms with van der Waals surface area (Å²) in [4.78, 5) is 13.2. The molecule has 14 heavy (non-hydrogen) atoms. The molecule has 2 atom stereocenters. The van der Waals surface area contributed by atoms with Gasteiger partial charge in [0.2, 0.25) is 5.91 Å². The molecule has 0 bridgehead atoms. The number of amides is 1. The van der Waals surface area contributed by atoms with E-state index in [4.69, 9.17) is 11.6 Å². The SMILES string of the molecule is CC(=O)N1CCC2(CCC(CCl)C2)C1. The van der Waals surface area contributed by atoms with E-state index in [0.717, 1.165) is 19.0 Å². The van der Waals surface area contributed by atoms with Crippen LogP contribution in [0.3, 0.4) is 0 Å². The highest BCUT2D eigenvalue weighted by Crippen LogP contribution is 2.48. The molecule has 80 valence electrons. The highest BCUT2D eigenvalue weighted by atomic mass is 35.5. The van der Waals surface area contributed by atoms with Gasteiger partial charge >= 0.3 is 0 Å². The maximum atomic E-state index is 11.2. The molecule has 0 N–H and O–H groups in total. The van der Waals surface area contributed by atoms with Crippen molar-refractivity contribution in [3.8, 4) is 0 Å². The standard InChI is InChI=1S/C11H18ClNO/c1-9(14)13-5-4-11(8-13)3-2-10(6-11)7-12/h10H,2-8H2,1H3. The number of hydrogen-bond acceptors (Lipinski definition) is 1. The molecule has 1 aliphatic carbocycles. The van der Waals surface area contributed by atoms with E-state index in [-0.39, 0.29) is 5.91 Å². The van der Waals surface area contributed by atoms with Gasteiger partial charge in [-0.1, -0.05) is 0 Å². The molecule has 0 aromatic rings. The molecule has 2 fully saturated rings. The molecule has 1 saturated carbocycles. The first-order chi connectivity index (χ1) is 6.65. The van der Waals surface area contributed by atoms with Crippen LogP contribution >= 0.6 is 11.6 Å². The van der Waals surface area contributed by atoms with Crippen LogP contribution < -0.4 is 0 Å². The van der Waals surface area contributed by atoms with E-state index in [2.05, 4.69) is 0 Å². The molecule has 2 unspecified atom stereocenters. The van der Waals surface area contributed by atoms with E-state index in [1.807, 2.05) is 4.90 Å². The third-order valence-corrected chi connectivity index (χ3v) is 4.34. The number of carbonyl (C=O) groups excluding carboxylic acids is 1. The fourth-order valence-electron chi connectivity index (χ4n) is 3.03. The molecule has 1 saturated heterocycles. The fraction of sp³-hybridized carbons (Fsp3) is 0.909. The van der Waals surface area contributed by atoms with Crippen LogP contribution in [0, 0.1) is 11.3 Å². The lowest BCUT2D eigenvalue weighted by molar-refractivity contribution is -0.128. The minimum Gasteiger partial charge on any atom is -0.342 e. The molecule has 3 heteroatoms. The number of carbonyl (C=O) groups is 1. The molecule has 0 radical (unpaired) electrons. The Kier molecular flexibility index (Phi) is 2.74. The van der Waals surface area contributed by atoms with Crippen LogP contribution in [0.4, 0.5) is 0 Å². The first kappa shape index (κ1) is 10.3. The maximum absolute atomic E-state index is 11.2. The summed E-state index contributed by atoms with van der Waals surface area (Å²) in [5.41, 5.74) is 0.436. The van der Waals surface area contributed by atoms with Crippen LogP contribution in [0.25, 0.3) is 0 Å². The van der Waals surface area contributed by atoms with Crippen molar-refractivity contribution in [2.75, 3.05) is 19.0 Å². The number of halogens is 1. The van der Waals surface area contributed by atoms with Gasteiger partial charge in [-0.25, -0.2) is 0 Å². The summed E-state index contributed by atoms with van der Waals surface area (Å²) in [5, 5.41) is 0. The summed E-state index contributed by atoms with van der Waals surface area (Å²) < 4.78 is 0. The Morgan fingerprint density at radius 3 is 2.86 bits per heavy atom. The van der Waals surface area contributed by atoms with Gasteiger partial charge in [0, 0.05) is 25.9 Å². The van der Waals surface area contributed by atoms with Gasteiger partial charge in [-0.2, -0.15) is 0 Å². The van der Waals surface area contributed by atoms with Crippen molar-refractivity contribution in [2.45, 2.75) is 32.6 Å². The Morgan fingerprint density at radius 1 is 1.57 bits per heavy atom. The van der Waals surface area contributed by atoms with Gasteiger partial charge in [0.15, 0.2) is 0 Å². The summed E-state index contributed by atoms with van der Waals surface area (Å²) in [6.07, 6.45) is 4.96. The van der Waals surface area contributed by atoms with Crippen LogP contribution in [0.15, 0.2) is 0 Å². The molecule has 1 aliphatic heterocycles. The smallest absolute Gasteiger partial charge is 0.219 e. The normalized spacial score (nSPS) is 37.0.